The molecule has 0 saturated carbocycles. The number of nitrogens with one attached hydrogen (secondary N) is 9. The maximum absolute atomic E-state index is 13.9. The minimum Gasteiger partial charge on any atom is -0.508 e. The van der Waals surface area contributed by atoms with E-state index in [1.54, 1.807) is 58.2 Å². The Morgan fingerprint density at radius 3 is 1.88 bits per heavy atom. The highest BCUT2D eigenvalue weighted by Crippen LogP contribution is 2.20. The SMILES string of the molecule is CC(C)C[C@H](NC(=O)[C@@H](N)Cc1cnc[nH]1)C(=O)N[C@@H](CCC(=O)O)C(=O)N[C@H](C(=O)N[C@@H](CCC(N)=O)C(=O)NCC(=O)N[C@@H](Cc1ccc(O)cc1)C(=O)N[C@@H](Cc1c[nH]c2ccccc12)C(=O)O)C(C)C. The molecule has 0 bridgehead atoms. The number of H-pyrrole nitrogens is 2. The Kier molecular flexibility index (Phi) is 22.1. The van der Waals surface area contributed by atoms with Gasteiger partial charge >= 0.3 is 11.9 Å². The van der Waals surface area contributed by atoms with Gasteiger partial charge in [0, 0.05) is 61.1 Å². The van der Waals surface area contributed by atoms with Crippen LogP contribution in [0.25, 0.3) is 10.9 Å². The van der Waals surface area contributed by atoms with Crippen LogP contribution in [0.5, 0.6) is 5.75 Å². The average molecular weight is 1030 g/mol. The van der Waals surface area contributed by atoms with E-state index in [2.05, 4.69) is 52.2 Å². The zero-order valence-corrected chi connectivity index (χ0v) is 41.4. The van der Waals surface area contributed by atoms with E-state index >= 15 is 0 Å². The molecule has 0 fully saturated rings. The molecule has 16 N–H and O–H groups in total. The minimum absolute atomic E-state index is 0.0699. The maximum Gasteiger partial charge on any atom is 0.326 e. The number of aromatic nitrogens is 3. The first-order valence-corrected chi connectivity index (χ1v) is 23.9. The topological polar surface area (TPSA) is 412 Å². The molecule has 0 saturated heterocycles. The molecule has 7 atom stereocenters. The van der Waals surface area contributed by atoms with Gasteiger partial charge in [0.1, 0.15) is 42.0 Å². The fourth-order valence-electron chi connectivity index (χ4n) is 7.73. The second kappa shape index (κ2) is 28.0. The molecule has 2 heterocycles. The van der Waals surface area contributed by atoms with E-state index in [1.807, 2.05) is 0 Å². The van der Waals surface area contributed by atoms with Crippen molar-refractivity contribution in [2.24, 2.45) is 23.3 Å². The molecule has 0 aliphatic heterocycles. The van der Waals surface area contributed by atoms with Crippen LogP contribution in [0, 0.1) is 11.8 Å². The van der Waals surface area contributed by atoms with Crippen molar-refractivity contribution in [1.82, 2.24) is 52.2 Å². The summed E-state index contributed by atoms with van der Waals surface area (Å²) in [7, 11) is 0. The second-order valence-corrected chi connectivity index (χ2v) is 18.5. The van der Waals surface area contributed by atoms with Crippen molar-refractivity contribution < 1.29 is 63.3 Å². The normalized spacial score (nSPS) is 14.0. The highest BCUT2D eigenvalue weighted by molar-refractivity contribution is 5.97. The third-order valence-electron chi connectivity index (χ3n) is 11.7. The number of aromatic amines is 2. The molecule has 8 amide bonds. The van der Waals surface area contributed by atoms with Gasteiger partial charge in [0.15, 0.2) is 0 Å². The smallest absolute Gasteiger partial charge is 0.326 e. The Hall–Kier alpha value is -8.35. The van der Waals surface area contributed by atoms with Crippen LogP contribution in [0.1, 0.15) is 76.6 Å². The van der Waals surface area contributed by atoms with Gasteiger partial charge in [-0.2, -0.15) is 0 Å². The Balaban J connectivity index is 1.46. The fourth-order valence-corrected chi connectivity index (χ4v) is 7.73. The van der Waals surface area contributed by atoms with Gasteiger partial charge in [-0.3, -0.25) is 43.2 Å². The standard InChI is InChI=1S/C49H66N12O13/c1-25(2)17-36(59-43(67)32(50)20-29-22-52-24-55-29)46(70)57-35(14-16-41(65)66)45(69)61-42(26(3)4)48(72)58-34(13-15-39(51)63)44(68)54-23-40(64)56-37(18-27-9-11-30(62)12-10-27)47(71)60-38(49(73)74)19-28-21-53-33-8-6-5-7-31(28)33/h5-12,21-22,24-26,32,34-38,42,53,62H,13-20,23,50H2,1-4H3,(H2,51,63)(H,52,55)(H,54,68)(H,56,64)(H,57,70)(H,58,72)(H,59,67)(H,60,71)(H,61,69)(H,65,66)(H,73,74)/t32-,34-,35-,36-,37-,38-,42-/m0/s1. The van der Waals surface area contributed by atoms with Crippen LogP contribution < -0.4 is 48.7 Å². The molecule has 4 rings (SSSR count). The number of aromatic hydroxyl groups is 1. The molecule has 0 aliphatic carbocycles. The molecule has 0 radical (unpaired) electrons. The van der Waals surface area contributed by atoms with Crippen molar-refractivity contribution in [1.29, 1.82) is 0 Å². The van der Waals surface area contributed by atoms with Gasteiger partial charge in [-0.15, -0.1) is 0 Å². The number of para-hydroxylation sites is 1. The van der Waals surface area contributed by atoms with E-state index in [0.717, 1.165) is 10.9 Å². The van der Waals surface area contributed by atoms with E-state index in [9.17, 15) is 63.3 Å². The van der Waals surface area contributed by atoms with Gasteiger partial charge in [-0.05, 0) is 60.4 Å². The van der Waals surface area contributed by atoms with Crippen LogP contribution >= 0.6 is 0 Å². The highest BCUT2D eigenvalue weighted by Gasteiger charge is 2.35. The number of primary amides is 1. The summed E-state index contributed by atoms with van der Waals surface area (Å²) < 4.78 is 0. The van der Waals surface area contributed by atoms with E-state index in [4.69, 9.17) is 11.5 Å². The molecule has 25 nitrogen and oxygen atoms in total. The summed E-state index contributed by atoms with van der Waals surface area (Å²) >= 11 is 0. The van der Waals surface area contributed by atoms with Gasteiger partial charge < -0.3 is 74.0 Å². The molecule has 25 heteroatoms. The summed E-state index contributed by atoms with van der Waals surface area (Å²) in [5.74, 6) is -10.7. The quantitative estimate of drug-likeness (QED) is 0.0295. The number of imidazole rings is 1. The van der Waals surface area contributed by atoms with E-state index in [-0.39, 0.29) is 43.8 Å². The van der Waals surface area contributed by atoms with Gasteiger partial charge in [0.05, 0.1) is 18.9 Å². The summed E-state index contributed by atoms with van der Waals surface area (Å²) in [4.78, 5) is 141. The molecule has 2 aromatic heterocycles. The Labute approximate surface area is 425 Å². The molecule has 2 aromatic carbocycles. The Bertz CT molecular complexity index is 2600. The fraction of sp³-hybridized carbons (Fsp3) is 0.449. The summed E-state index contributed by atoms with van der Waals surface area (Å²) in [6.07, 6.45) is 2.58. The van der Waals surface area contributed by atoms with E-state index in [1.165, 1.54) is 36.8 Å². The summed E-state index contributed by atoms with van der Waals surface area (Å²) in [5.41, 5.74) is 13.9. The van der Waals surface area contributed by atoms with Crippen LogP contribution in [0.3, 0.4) is 0 Å². The number of phenols is 1. The molecule has 0 unspecified atom stereocenters. The van der Waals surface area contributed by atoms with Gasteiger partial charge in [-0.25, -0.2) is 9.78 Å². The third-order valence-corrected chi connectivity index (χ3v) is 11.7. The van der Waals surface area contributed by atoms with Crippen molar-refractivity contribution in [3.05, 3.63) is 84.1 Å². The monoisotopic (exact) mass is 1030 g/mol. The number of phenolic OH excluding ortho intramolecular Hbond substituents is 1. The number of benzene rings is 2. The summed E-state index contributed by atoms with van der Waals surface area (Å²) in [5, 5.41) is 47.6. The van der Waals surface area contributed by atoms with Gasteiger partial charge in [0.25, 0.3) is 0 Å². The molecule has 4 aromatic rings. The molecule has 400 valence electrons. The van der Waals surface area contributed by atoms with Crippen molar-refractivity contribution in [2.45, 2.75) is 121 Å². The third kappa shape index (κ3) is 18.7. The lowest BCUT2D eigenvalue weighted by Crippen LogP contribution is -2.60. The number of nitrogens with two attached hydrogens (primary N) is 2. The van der Waals surface area contributed by atoms with Crippen LogP contribution in [0.15, 0.2) is 67.3 Å². The predicted molar refractivity (Wildman–Crippen MR) is 266 cm³/mol. The van der Waals surface area contributed by atoms with E-state index in [0.29, 0.717) is 16.8 Å². The number of nitrogens with zero attached hydrogens (tertiary/aromatic N) is 1. The Morgan fingerprint density at radius 2 is 1.26 bits per heavy atom. The van der Waals surface area contributed by atoms with Crippen molar-refractivity contribution in [3.8, 4) is 5.75 Å². The van der Waals surface area contributed by atoms with Crippen LogP contribution in [0.2, 0.25) is 0 Å². The lowest BCUT2D eigenvalue weighted by atomic mass is 9.99. The number of fused-ring (bicyclic) bond motifs is 1. The highest BCUT2D eigenvalue weighted by atomic mass is 16.4. The first-order chi connectivity index (χ1) is 35.0. The molecule has 0 spiro atoms. The van der Waals surface area contributed by atoms with Crippen molar-refractivity contribution in [2.75, 3.05) is 6.54 Å². The Morgan fingerprint density at radius 1 is 0.649 bits per heavy atom. The first-order valence-electron chi connectivity index (χ1n) is 23.9. The maximum atomic E-state index is 13.9. The minimum atomic E-state index is -1.54. The number of aliphatic carboxylic acids is 2. The van der Waals surface area contributed by atoms with Crippen LogP contribution in [-0.4, -0.2) is 138 Å². The zero-order valence-electron chi connectivity index (χ0n) is 41.4. The second-order valence-electron chi connectivity index (χ2n) is 18.5. The van der Waals surface area contributed by atoms with Gasteiger partial charge in [0.2, 0.25) is 47.3 Å². The van der Waals surface area contributed by atoms with Crippen molar-refractivity contribution in [3.63, 3.8) is 0 Å². The molecular formula is C49H66N12O13. The number of carboxylic acid groups (broad SMARTS) is 2. The largest absolute Gasteiger partial charge is 0.508 e. The number of rotatable bonds is 30. The number of hydrogen-bond donors (Lipinski definition) is 14. The number of carboxylic acids is 2. The average Bonchev–Trinajstić information content (AvgIpc) is 4.01. The van der Waals surface area contributed by atoms with Gasteiger partial charge in [-0.1, -0.05) is 58.0 Å². The summed E-state index contributed by atoms with van der Waals surface area (Å²) in [6, 6.07) is 3.20. The summed E-state index contributed by atoms with van der Waals surface area (Å²) in [6.45, 7) is 5.88. The van der Waals surface area contributed by atoms with Crippen molar-refractivity contribution >= 4 is 70.1 Å². The number of carbonyl (C=O) groups is 10. The van der Waals surface area contributed by atoms with Crippen LogP contribution in [-0.2, 0) is 67.2 Å². The predicted octanol–water partition coefficient (Wildman–Crippen LogP) is -1.11. The number of amides is 8. The molecular weight excluding hydrogens is 965 g/mol. The molecule has 0 aliphatic rings. The lowest BCUT2D eigenvalue weighted by Gasteiger charge is -2.28. The lowest BCUT2D eigenvalue weighted by molar-refractivity contribution is -0.142. The zero-order chi connectivity index (χ0) is 54.6. The number of carbonyl (C=O) groups excluding carboxylic acids is 8. The van der Waals surface area contributed by atoms with E-state index < -0.39 is 133 Å². The number of hydrogen-bond acceptors (Lipinski definition) is 13. The van der Waals surface area contributed by atoms with Crippen LogP contribution in [0.4, 0.5) is 0 Å². The first kappa shape index (κ1) is 58.2. The molecule has 74 heavy (non-hydrogen) atoms.